The number of carbonyl (C=O) groups is 1. The first-order valence-corrected chi connectivity index (χ1v) is 9.73. The van der Waals surface area contributed by atoms with Crippen molar-refractivity contribution in [3.05, 3.63) is 70.9 Å². The molecule has 0 amide bonds. The van der Waals surface area contributed by atoms with Crippen LogP contribution in [-0.4, -0.2) is 29.4 Å². The van der Waals surface area contributed by atoms with Crippen LogP contribution in [0, 0.1) is 11.3 Å². The SMILES string of the molecule is COc1ccc([C@@H]2CC(=O)c3cc(C#N)c4nc5ccccc5n4c3C2)cc1OC. The van der Waals surface area contributed by atoms with E-state index in [0.29, 0.717) is 41.1 Å². The Labute approximate surface area is 173 Å². The van der Waals surface area contributed by atoms with Gasteiger partial charge in [0.25, 0.3) is 0 Å². The molecule has 1 atom stereocenters. The summed E-state index contributed by atoms with van der Waals surface area (Å²) in [6.45, 7) is 0. The number of Topliss-reactive ketones (excluding diaryl/α,β-unsaturated/α-hetero) is 1. The molecule has 5 rings (SSSR count). The van der Waals surface area contributed by atoms with Crippen molar-refractivity contribution in [2.24, 2.45) is 0 Å². The minimum Gasteiger partial charge on any atom is -0.493 e. The van der Waals surface area contributed by atoms with E-state index in [2.05, 4.69) is 11.1 Å². The summed E-state index contributed by atoms with van der Waals surface area (Å²) in [6, 6.07) is 17.5. The molecular weight excluding hydrogens is 378 g/mol. The third-order valence-corrected chi connectivity index (χ3v) is 5.84. The van der Waals surface area contributed by atoms with Gasteiger partial charge in [-0.1, -0.05) is 18.2 Å². The predicted octanol–water partition coefficient (Wildman–Crippen LogP) is 4.29. The van der Waals surface area contributed by atoms with Gasteiger partial charge in [-0.2, -0.15) is 5.26 Å². The Morgan fingerprint density at radius 2 is 1.87 bits per heavy atom. The maximum atomic E-state index is 13.1. The number of para-hydroxylation sites is 2. The summed E-state index contributed by atoms with van der Waals surface area (Å²) in [5.41, 5.74) is 5.26. The Bertz CT molecular complexity index is 1360. The van der Waals surface area contributed by atoms with Crippen LogP contribution in [0.4, 0.5) is 0 Å². The van der Waals surface area contributed by atoms with E-state index in [4.69, 9.17) is 9.47 Å². The van der Waals surface area contributed by atoms with E-state index in [0.717, 1.165) is 22.3 Å². The lowest BCUT2D eigenvalue weighted by Crippen LogP contribution is -2.22. The highest BCUT2D eigenvalue weighted by atomic mass is 16.5. The van der Waals surface area contributed by atoms with Crippen LogP contribution in [0.5, 0.6) is 11.5 Å². The van der Waals surface area contributed by atoms with E-state index in [1.807, 2.05) is 46.9 Å². The van der Waals surface area contributed by atoms with Crippen molar-refractivity contribution in [2.75, 3.05) is 14.2 Å². The van der Waals surface area contributed by atoms with E-state index in [9.17, 15) is 10.1 Å². The van der Waals surface area contributed by atoms with Crippen LogP contribution in [-0.2, 0) is 6.42 Å². The molecule has 0 unspecified atom stereocenters. The van der Waals surface area contributed by atoms with Gasteiger partial charge >= 0.3 is 0 Å². The standard InChI is InChI=1S/C24H19N3O3/c1-29-22-8-7-14(12-23(22)30-2)15-10-20-17(21(28)11-15)9-16(13-25)24-26-18-5-3-4-6-19(18)27(20)24/h3-9,12,15H,10-11H2,1-2H3/t15-/m0/s1. The summed E-state index contributed by atoms with van der Waals surface area (Å²) in [5, 5.41) is 9.65. The molecule has 1 aliphatic rings. The van der Waals surface area contributed by atoms with Crippen molar-refractivity contribution < 1.29 is 14.3 Å². The fourth-order valence-corrected chi connectivity index (χ4v) is 4.40. The third-order valence-electron chi connectivity index (χ3n) is 5.84. The molecule has 1 aliphatic carbocycles. The quantitative estimate of drug-likeness (QED) is 0.515. The average Bonchev–Trinajstić information content (AvgIpc) is 3.18. The van der Waals surface area contributed by atoms with Crippen LogP contribution in [0.25, 0.3) is 16.7 Å². The fraction of sp³-hybridized carbons (Fsp3) is 0.208. The smallest absolute Gasteiger partial charge is 0.165 e. The van der Waals surface area contributed by atoms with Crippen molar-refractivity contribution >= 4 is 22.5 Å². The minimum atomic E-state index is 0.00195. The molecule has 6 nitrogen and oxygen atoms in total. The molecule has 2 aromatic carbocycles. The van der Waals surface area contributed by atoms with Gasteiger partial charge in [-0.3, -0.25) is 9.20 Å². The van der Waals surface area contributed by atoms with Crippen molar-refractivity contribution in [2.45, 2.75) is 18.8 Å². The van der Waals surface area contributed by atoms with Crippen molar-refractivity contribution in [1.82, 2.24) is 9.38 Å². The number of ketones is 1. The summed E-state index contributed by atoms with van der Waals surface area (Å²) >= 11 is 0. The molecule has 4 aromatic rings. The van der Waals surface area contributed by atoms with E-state index in [1.165, 1.54) is 0 Å². The number of fused-ring (bicyclic) bond motifs is 5. The maximum absolute atomic E-state index is 13.1. The first-order valence-electron chi connectivity index (χ1n) is 9.73. The second kappa shape index (κ2) is 6.89. The van der Waals surface area contributed by atoms with E-state index >= 15 is 0 Å². The number of nitrogens with zero attached hydrogens (tertiary/aromatic N) is 3. The largest absolute Gasteiger partial charge is 0.493 e. The van der Waals surface area contributed by atoms with E-state index in [-0.39, 0.29) is 11.7 Å². The first kappa shape index (κ1) is 18.2. The van der Waals surface area contributed by atoms with Crippen LogP contribution in [0.2, 0.25) is 0 Å². The van der Waals surface area contributed by atoms with Gasteiger partial charge in [-0.25, -0.2) is 4.98 Å². The monoisotopic (exact) mass is 397 g/mol. The Kier molecular flexibility index (Phi) is 4.18. The molecule has 0 saturated carbocycles. The lowest BCUT2D eigenvalue weighted by Gasteiger charge is -2.26. The Hall–Kier alpha value is -3.85. The molecule has 0 aliphatic heterocycles. The molecule has 0 fully saturated rings. The molecule has 2 aromatic heterocycles. The summed E-state index contributed by atoms with van der Waals surface area (Å²) in [7, 11) is 3.21. The third kappa shape index (κ3) is 2.63. The number of aromatic nitrogens is 2. The molecule has 2 heterocycles. The molecule has 0 N–H and O–H groups in total. The molecular formula is C24H19N3O3. The van der Waals surface area contributed by atoms with Gasteiger partial charge in [0.15, 0.2) is 22.9 Å². The average molecular weight is 397 g/mol. The highest BCUT2D eigenvalue weighted by Crippen LogP contribution is 2.38. The lowest BCUT2D eigenvalue weighted by atomic mass is 9.81. The second-order valence-electron chi connectivity index (χ2n) is 7.43. The summed E-state index contributed by atoms with van der Waals surface area (Å²) < 4.78 is 12.8. The predicted molar refractivity (Wildman–Crippen MR) is 112 cm³/mol. The van der Waals surface area contributed by atoms with Gasteiger partial charge in [0, 0.05) is 17.7 Å². The van der Waals surface area contributed by atoms with Crippen LogP contribution in [0.15, 0.2) is 48.5 Å². The van der Waals surface area contributed by atoms with Crippen molar-refractivity contribution in [3.8, 4) is 17.6 Å². The second-order valence-corrected chi connectivity index (χ2v) is 7.43. The fourth-order valence-electron chi connectivity index (χ4n) is 4.40. The minimum absolute atomic E-state index is 0.00195. The van der Waals surface area contributed by atoms with Crippen LogP contribution in [0.1, 0.15) is 39.5 Å². The lowest BCUT2D eigenvalue weighted by molar-refractivity contribution is 0.0963. The number of nitriles is 1. The summed E-state index contributed by atoms with van der Waals surface area (Å²) in [5.74, 6) is 1.34. The summed E-state index contributed by atoms with van der Waals surface area (Å²) in [6.07, 6.45) is 1.05. The number of rotatable bonds is 3. The van der Waals surface area contributed by atoms with Crippen molar-refractivity contribution in [3.63, 3.8) is 0 Å². The number of ether oxygens (including phenoxy) is 2. The van der Waals surface area contributed by atoms with Gasteiger partial charge in [0.05, 0.1) is 30.8 Å². The molecule has 0 saturated heterocycles. The zero-order valence-corrected chi connectivity index (χ0v) is 16.7. The number of carbonyl (C=O) groups excluding carboxylic acids is 1. The maximum Gasteiger partial charge on any atom is 0.165 e. The topological polar surface area (TPSA) is 76.6 Å². The van der Waals surface area contributed by atoms with Crippen LogP contribution < -0.4 is 9.47 Å². The number of hydrogen-bond acceptors (Lipinski definition) is 5. The number of methoxy groups -OCH3 is 2. The molecule has 0 radical (unpaired) electrons. The highest BCUT2D eigenvalue weighted by molar-refractivity contribution is 6.00. The first-order chi connectivity index (χ1) is 14.6. The Balaban J connectivity index is 1.71. The number of benzene rings is 2. The van der Waals surface area contributed by atoms with Gasteiger partial charge in [0.2, 0.25) is 0 Å². The molecule has 0 bridgehead atoms. The number of pyridine rings is 1. The van der Waals surface area contributed by atoms with E-state index in [1.54, 1.807) is 20.3 Å². The zero-order valence-electron chi connectivity index (χ0n) is 16.7. The van der Waals surface area contributed by atoms with Gasteiger partial charge in [-0.15, -0.1) is 0 Å². The Morgan fingerprint density at radius 1 is 1.07 bits per heavy atom. The van der Waals surface area contributed by atoms with Crippen LogP contribution in [0.3, 0.4) is 0 Å². The molecule has 0 spiro atoms. The molecule has 148 valence electrons. The zero-order chi connectivity index (χ0) is 20.8. The van der Waals surface area contributed by atoms with Crippen molar-refractivity contribution in [1.29, 1.82) is 5.26 Å². The summed E-state index contributed by atoms with van der Waals surface area (Å²) in [4.78, 5) is 17.8. The normalized spacial score (nSPS) is 15.8. The van der Waals surface area contributed by atoms with Gasteiger partial charge in [-0.05, 0) is 48.2 Å². The Morgan fingerprint density at radius 3 is 2.63 bits per heavy atom. The number of hydrogen-bond donors (Lipinski definition) is 0. The number of imidazole rings is 1. The van der Waals surface area contributed by atoms with Crippen LogP contribution >= 0.6 is 0 Å². The van der Waals surface area contributed by atoms with E-state index < -0.39 is 0 Å². The molecule has 6 heteroatoms. The molecule has 30 heavy (non-hydrogen) atoms. The van der Waals surface area contributed by atoms with Gasteiger partial charge in [0.1, 0.15) is 6.07 Å². The van der Waals surface area contributed by atoms with Gasteiger partial charge < -0.3 is 9.47 Å². The highest BCUT2D eigenvalue weighted by Gasteiger charge is 2.30.